The number of rotatable bonds is 2. The molecule has 0 saturated heterocycles. The lowest BCUT2D eigenvalue weighted by molar-refractivity contribution is 0.355. The molecule has 1 rings (SSSR count). The van der Waals surface area contributed by atoms with Crippen molar-refractivity contribution in [1.82, 2.24) is 0 Å². The van der Waals surface area contributed by atoms with Crippen molar-refractivity contribution in [2.24, 2.45) is 0 Å². The maximum absolute atomic E-state index is 5.22. The smallest absolute Gasteiger partial charge is 0.162 e. The van der Waals surface area contributed by atoms with Crippen molar-refractivity contribution in [2.45, 2.75) is 13.8 Å². The van der Waals surface area contributed by atoms with Gasteiger partial charge in [-0.25, -0.2) is 0 Å². The Bertz CT molecular complexity index is 446. The van der Waals surface area contributed by atoms with Gasteiger partial charge in [0.1, 0.15) is 0 Å². The van der Waals surface area contributed by atoms with Crippen LogP contribution in [0.25, 0.3) is 0 Å². The molecule has 0 aromatic heterocycles. The zero-order valence-electron chi connectivity index (χ0n) is 9.97. The average molecular weight is 214 g/mol. The Balaban J connectivity index is 3.42. The van der Waals surface area contributed by atoms with Crippen molar-refractivity contribution in [1.29, 1.82) is 0 Å². The zero-order valence-corrected chi connectivity index (χ0v) is 9.97. The molecular formula is C14H14O2. The highest BCUT2D eigenvalue weighted by Crippen LogP contribution is 2.29. The van der Waals surface area contributed by atoms with Gasteiger partial charge in [-0.3, -0.25) is 0 Å². The first-order chi connectivity index (χ1) is 7.76. The van der Waals surface area contributed by atoms with Gasteiger partial charge in [-0.2, -0.15) is 0 Å². The van der Waals surface area contributed by atoms with Crippen LogP contribution in [0.15, 0.2) is 12.1 Å². The standard InChI is InChI=1S/C14H14O2/c1-5-7-11-9-13(15-3)14(16-4)10-12(11)8-6-2/h9-10H,1-4H3. The Morgan fingerprint density at radius 3 is 1.44 bits per heavy atom. The van der Waals surface area contributed by atoms with E-state index in [2.05, 4.69) is 23.7 Å². The molecule has 2 heteroatoms. The van der Waals surface area contributed by atoms with E-state index in [1.165, 1.54) is 0 Å². The summed E-state index contributed by atoms with van der Waals surface area (Å²) < 4.78 is 10.4. The molecule has 0 heterocycles. The molecular weight excluding hydrogens is 200 g/mol. The molecule has 0 N–H and O–H groups in total. The van der Waals surface area contributed by atoms with Crippen molar-refractivity contribution in [2.75, 3.05) is 14.2 Å². The minimum atomic E-state index is 0.668. The fraction of sp³-hybridized carbons (Fsp3) is 0.286. The van der Waals surface area contributed by atoms with Gasteiger partial charge in [-0.05, 0) is 13.8 Å². The quantitative estimate of drug-likeness (QED) is 0.704. The van der Waals surface area contributed by atoms with Gasteiger partial charge < -0.3 is 9.47 Å². The van der Waals surface area contributed by atoms with Crippen LogP contribution in [0.3, 0.4) is 0 Å². The van der Waals surface area contributed by atoms with Gasteiger partial charge in [-0.1, -0.05) is 11.8 Å². The maximum atomic E-state index is 5.22. The van der Waals surface area contributed by atoms with Crippen molar-refractivity contribution in [3.63, 3.8) is 0 Å². The molecule has 0 spiro atoms. The van der Waals surface area contributed by atoms with Crippen LogP contribution in [-0.2, 0) is 0 Å². The zero-order chi connectivity index (χ0) is 12.0. The molecule has 0 bridgehead atoms. The maximum Gasteiger partial charge on any atom is 0.162 e. The van der Waals surface area contributed by atoms with Gasteiger partial charge in [0, 0.05) is 23.3 Å². The molecule has 1 aromatic rings. The summed E-state index contributed by atoms with van der Waals surface area (Å²) in [7, 11) is 3.21. The topological polar surface area (TPSA) is 18.5 Å². The monoisotopic (exact) mass is 214 g/mol. The van der Waals surface area contributed by atoms with E-state index in [4.69, 9.17) is 9.47 Å². The van der Waals surface area contributed by atoms with Crippen LogP contribution >= 0.6 is 0 Å². The molecule has 0 saturated carbocycles. The third-order valence-electron chi connectivity index (χ3n) is 2.04. The summed E-state index contributed by atoms with van der Waals surface area (Å²) in [5.74, 6) is 13.0. The molecule has 0 fully saturated rings. The lowest BCUT2D eigenvalue weighted by Crippen LogP contribution is -1.94. The second-order valence-corrected chi connectivity index (χ2v) is 3.00. The summed E-state index contributed by atoms with van der Waals surface area (Å²) >= 11 is 0. The summed E-state index contributed by atoms with van der Waals surface area (Å²) in [6.07, 6.45) is 0. The van der Waals surface area contributed by atoms with Gasteiger partial charge in [0.2, 0.25) is 0 Å². The Kier molecular flexibility index (Phi) is 4.30. The van der Waals surface area contributed by atoms with Gasteiger partial charge in [0.05, 0.1) is 14.2 Å². The fourth-order valence-corrected chi connectivity index (χ4v) is 1.36. The normalized spacial score (nSPS) is 8.25. The van der Waals surface area contributed by atoms with Crippen molar-refractivity contribution in [3.8, 4) is 35.2 Å². The predicted molar refractivity (Wildman–Crippen MR) is 64.7 cm³/mol. The summed E-state index contributed by atoms with van der Waals surface area (Å²) in [6.45, 7) is 3.58. The van der Waals surface area contributed by atoms with Gasteiger partial charge >= 0.3 is 0 Å². The molecule has 0 aliphatic heterocycles. The molecule has 0 aliphatic rings. The molecule has 0 atom stereocenters. The molecule has 1 aromatic carbocycles. The highest BCUT2D eigenvalue weighted by molar-refractivity contribution is 5.58. The van der Waals surface area contributed by atoms with E-state index in [0.29, 0.717) is 11.5 Å². The van der Waals surface area contributed by atoms with E-state index >= 15 is 0 Å². The van der Waals surface area contributed by atoms with E-state index in [1.807, 2.05) is 12.1 Å². The van der Waals surface area contributed by atoms with E-state index in [9.17, 15) is 0 Å². The fourth-order valence-electron chi connectivity index (χ4n) is 1.36. The van der Waals surface area contributed by atoms with Crippen LogP contribution in [0, 0.1) is 23.7 Å². The highest BCUT2D eigenvalue weighted by Gasteiger charge is 2.08. The van der Waals surface area contributed by atoms with E-state index in [0.717, 1.165) is 11.1 Å². The number of benzene rings is 1. The number of hydrogen-bond acceptors (Lipinski definition) is 2. The highest BCUT2D eigenvalue weighted by atomic mass is 16.5. The van der Waals surface area contributed by atoms with Crippen LogP contribution in [0.5, 0.6) is 11.5 Å². The molecule has 0 amide bonds. The molecule has 2 nitrogen and oxygen atoms in total. The second kappa shape index (κ2) is 5.73. The Morgan fingerprint density at radius 2 is 1.19 bits per heavy atom. The molecule has 16 heavy (non-hydrogen) atoms. The Labute approximate surface area is 96.6 Å². The van der Waals surface area contributed by atoms with Crippen LogP contribution < -0.4 is 9.47 Å². The SMILES string of the molecule is CC#Cc1cc(OC)c(OC)cc1C#CC. The molecule has 0 radical (unpaired) electrons. The second-order valence-electron chi connectivity index (χ2n) is 3.00. The van der Waals surface area contributed by atoms with Crippen molar-refractivity contribution >= 4 is 0 Å². The van der Waals surface area contributed by atoms with E-state index < -0.39 is 0 Å². The number of hydrogen-bond donors (Lipinski definition) is 0. The number of ether oxygens (including phenoxy) is 2. The number of methoxy groups -OCH3 is 2. The van der Waals surface area contributed by atoms with E-state index in [1.54, 1.807) is 28.1 Å². The summed E-state index contributed by atoms with van der Waals surface area (Å²) in [5.41, 5.74) is 1.71. The van der Waals surface area contributed by atoms with Gasteiger partial charge in [0.15, 0.2) is 11.5 Å². The lowest BCUT2D eigenvalue weighted by atomic mass is 10.1. The molecule has 0 unspecified atom stereocenters. The van der Waals surface area contributed by atoms with Gasteiger partial charge in [0.25, 0.3) is 0 Å². The predicted octanol–water partition coefficient (Wildman–Crippen LogP) is 2.45. The van der Waals surface area contributed by atoms with Crippen LogP contribution in [-0.4, -0.2) is 14.2 Å². The van der Waals surface area contributed by atoms with Crippen LogP contribution in [0.1, 0.15) is 25.0 Å². The van der Waals surface area contributed by atoms with Crippen LogP contribution in [0.2, 0.25) is 0 Å². The largest absolute Gasteiger partial charge is 0.493 e. The third-order valence-corrected chi connectivity index (χ3v) is 2.04. The first-order valence-corrected chi connectivity index (χ1v) is 4.88. The lowest BCUT2D eigenvalue weighted by Gasteiger charge is -2.09. The summed E-state index contributed by atoms with van der Waals surface area (Å²) in [6, 6.07) is 3.68. The first kappa shape index (κ1) is 12.0. The Hall–Kier alpha value is -2.06. The summed E-state index contributed by atoms with van der Waals surface area (Å²) in [4.78, 5) is 0. The minimum absolute atomic E-state index is 0.668. The Morgan fingerprint density at radius 1 is 0.812 bits per heavy atom. The van der Waals surface area contributed by atoms with E-state index in [-0.39, 0.29) is 0 Å². The molecule has 0 aliphatic carbocycles. The van der Waals surface area contributed by atoms with Crippen LogP contribution in [0.4, 0.5) is 0 Å². The minimum Gasteiger partial charge on any atom is -0.493 e. The van der Waals surface area contributed by atoms with Crippen molar-refractivity contribution < 1.29 is 9.47 Å². The average Bonchev–Trinajstić information content (AvgIpc) is 2.31. The third kappa shape index (κ3) is 2.49. The van der Waals surface area contributed by atoms with Crippen molar-refractivity contribution in [3.05, 3.63) is 23.3 Å². The van der Waals surface area contributed by atoms with Gasteiger partial charge in [-0.15, -0.1) is 11.8 Å². The molecule has 82 valence electrons. The summed E-state index contributed by atoms with van der Waals surface area (Å²) in [5, 5.41) is 0. The first-order valence-electron chi connectivity index (χ1n) is 4.88.